The first-order valence-electron chi connectivity index (χ1n) is 5.89. The molecule has 0 saturated heterocycles. The Morgan fingerprint density at radius 1 is 1.00 bits per heavy atom. The highest BCUT2D eigenvalue weighted by Crippen LogP contribution is 2.14. The van der Waals surface area contributed by atoms with Gasteiger partial charge in [-0.2, -0.15) is 0 Å². The summed E-state index contributed by atoms with van der Waals surface area (Å²) in [6.07, 6.45) is 0. The van der Waals surface area contributed by atoms with Gasteiger partial charge in [0.25, 0.3) is 0 Å². The number of nitrogens with two attached hydrogens (primary N) is 1. The summed E-state index contributed by atoms with van der Waals surface area (Å²) < 4.78 is 0. The minimum absolute atomic E-state index is 0.329. The summed E-state index contributed by atoms with van der Waals surface area (Å²) in [5.41, 5.74) is 9.19. The number of nitrogens with one attached hydrogen (secondary N) is 1. The van der Waals surface area contributed by atoms with Crippen molar-refractivity contribution < 1.29 is 0 Å². The number of nitrogen functional groups attached to an aromatic ring is 1. The average molecular weight is 226 g/mol. The molecule has 0 saturated carbocycles. The molecule has 2 rings (SSSR count). The summed E-state index contributed by atoms with van der Waals surface area (Å²) in [7, 11) is 0. The van der Waals surface area contributed by atoms with Crippen molar-refractivity contribution in [1.29, 1.82) is 0 Å². The lowest BCUT2D eigenvalue weighted by atomic mass is 10.1. The molecule has 1 atom stereocenters. The van der Waals surface area contributed by atoms with Crippen LogP contribution in [0.25, 0.3) is 0 Å². The fraction of sp³-hybridized carbons (Fsp3) is 0.200. The smallest absolute Gasteiger partial charge is 0.0359 e. The maximum atomic E-state index is 5.91. The van der Waals surface area contributed by atoms with E-state index in [1.54, 1.807) is 0 Å². The molecule has 0 aliphatic rings. The number of hydrogen-bond donors (Lipinski definition) is 2. The Hall–Kier alpha value is -1.80. The van der Waals surface area contributed by atoms with E-state index in [2.05, 4.69) is 42.6 Å². The van der Waals surface area contributed by atoms with Gasteiger partial charge in [0.1, 0.15) is 0 Å². The third-order valence-electron chi connectivity index (χ3n) is 2.95. The molecule has 0 aliphatic carbocycles. The third-order valence-corrected chi connectivity index (χ3v) is 2.95. The van der Waals surface area contributed by atoms with E-state index in [1.807, 2.05) is 24.3 Å². The van der Waals surface area contributed by atoms with Gasteiger partial charge in [-0.3, -0.25) is 0 Å². The Morgan fingerprint density at radius 2 is 1.65 bits per heavy atom. The van der Waals surface area contributed by atoms with Crippen LogP contribution in [0, 0.1) is 0 Å². The lowest BCUT2D eigenvalue weighted by molar-refractivity contribution is 0.575. The quantitative estimate of drug-likeness (QED) is 0.786. The van der Waals surface area contributed by atoms with Crippen LogP contribution in [0.5, 0.6) is 0 Å². The second kappa shape index (κ2) is 5.51. The molecule has 0 heterocycles. The van der Waals surface area contributed by atoms with E-state index in [-0.39, 0.29) is 0 Å². The highest BCUT2D eigenvalue weighted by molar-refractivity contribution is 5.46. The van der Waals surface area contributed by atoms with Crippen molar-refractivity contribution in [3.05, 3.63) is 65.7 Å². The molecule has 0 amide bonds. The zero-order chi connectivity index (χ0) is 12.1. The van der Waals surface area contributed by atoms with E-state index in [4.69, 9.17) is 5.73 Å². The molecule has 0 bridgehead atoms. The van der Waals surface area contributed by atoms with Gasteiger partial charge in [-0.25, -0.2) is 0 Å². The minimum atomic E-state index is 0.329. The van der Waals surface area contributed by atoms with Crippen LogP contribution in [-0.2, 0) is 6.54 Å². The second-order valence-electron chi connectivity index (χ2n) is 4.21. The molecule has 2 aromatic rings. The summed E-state index contributed by atoms with van der Waals surface area (Å²) in [6.45, 7) is 2.96. The lowest BCUT2D eigenvalue weighted by Gasteiger charge is -2.15. The van der Waals surface area contributed by atoms with Crippen molar-refractivity contribution in [1.82, 2.24) is 5.32 Å². The Kier molecular flexibility index (Phi) is 3.78. The Balaban J connectivity index is 1.97. The van der Waals surface area contributed by atoms with Crippen molar-refractivity contribution in [2.24, 2.45) is 0 Å². The van der Waals surface area contributed by atoms with Crippen molar-refractivity contribution in [2.45, 2.75) is 19.5 Å². The van der Waals surface area contributed by atoms with Gasteiger partial charge in [0.15, 0.2) is 0 Å². The van der Waals surface area contributed by atoms with Crippen molar-refractivity contribution in [2.75, 3.05) is 5.73 Å². The maximum Gasteiger partial charge on any atom is 0.0359 e. The van der Waals surface area contributed by atoms with Crippen LogP contribution in [0.3, 0.4) is 0 Å². The van der Waals surface area contributed by atoms with Gasteiger partial charge in [-0.15, -0.1) is 0 Å². The largest absolute Gasteiger partial charge is 0.398 e. The van der Waals surface area contributed by atoms with E-state index in [0.717, 1.165) is 17.8 Å². The molecule has 88 valence electrons. The van der Waals surface area contributed by atoms with Crippen LogP contribution in [0.2, 0.25) is 0 Å². The van der Waals surface area contributed by atoms with Gasteiger partial charge in [-0.05, 0) is 24.1 Å². The minimum Gasteiger partial charge on any atom is -0.398 e. The summed E-state index contributed by atoms with van der Waals surface area (Å²) in [5, 5.41) is 3.48. The number of anilines is 1. The summed E-state index contributed by atoms with van der Waals surface area (Å²) in [5.74, 6) is 0. The van der Waals surface area contributed by atoms with Gasteiger partial charge in [0, 0.05) is 18.3 Å². The van der Waals surface area contributed by atoms with Crippen molar-refractivity contribution in [3.63, 3.8) is 0 Å². The van der Waals surface area contributed by atoms with Crippen LogP contribution in [0.15, 0.2) is 54.6 Å². The molecule has 2 nitrogen and oxygen atoms in total. The van der Waals surface area contributed by atoms with Crippen LogP contribution in [-0.4, -0.2) is 0 Å². The summed E-state index contributed by atoms with van der Waals surface area (Å²) >= 11 is 0. The topological polar surface area (TPSA) is 38.0 Å². The van der Waals surface area contributed by atoms with Crippen LogP contribution in [0.4, 0.5) is 5.69 Å². The first-order chi connectivity index (χ1) is 8.27. The predicted octanol–water partition coefficient (Wildman–Crippen LogP) is 3.12. The van der Waals surface area contributed by atoms with Crippen molar-refractivity contribution in [3.8, 4) is 0 Å². The van der Waals surface area contributed by atoms with E-state index in [1.165, 1.54) is 5.56 Å². The van der Waals surface area contributed by atoms with E-state index >= 15 is 0 Å². The fourth-order valence-corrected chi connectivity index (χ4v) is 1.82. The number of benzene rings is 2. The fourth-order valence-electron chi connectivity index (χ4n) is 1.82. The van der Waals surface area contributed by atoms with Gasteiger partial charge in [-0.1, -0.05) is 48.5 Å². The van der Waals surface area contributed by atoms with Crippen LogP contribution in [0.1, 0.15) is 24.1 Å². The molecule has 2 aromatic carbocycles. The predicted molar refractivity (Wildman–Crippen MR) is 72.6 cm³/mol. The number of rotatable bonds is 4. The Bertz CT molecular complexity index is 465. The number of hydrogen-bond acceptors (Lipinski definition) is 2. The molecule has 0 fully saturated rings. The normalized spacial score (nSPS) is 12.3. The highest BCUT2D eigenvalue weighted by atomic mass is 14.9. The highest BCUT2D eigenvalue weighted by Gasteiger charge is 2.04. The Labute approximate surface area is 102 Å². The molecule has 0 aromatic heterocycles. The standard InChI is InChI=1S/C15H18N2/c1-12(13-7-3-2-4-8-13)17-11-14-9-5-6-10-15(14)16/h2-10,12,17H,11,16H2,1H3/t12-/m0/s1. The van der Waals surface area contributed by atoms with Gasteiger partial charge in [0.05, 0.1) is 0 Å². The molecule has 3 N–H and O–H groups in total. The summed E-state index contributed by atoms with van der Waals surface area (Å²) in [6, 6.07) is 18.7. The molecular weight excluding hydrogens is 208 g/mol. The van der Waals surface area contributed by atoms with Crippen LogP contribution >= 0.6 is 0 Å². The van der Waals surface area contributed by atoms with Crippen LogP contribution < -0.4 is 11.1 Å². The molecule has 17 heavy (non-hydrogen) atoms. The molecule has 0 spiro atoms. The molecule has 0 aliphatic heterocycles. The average Bonchev–Trinajstić information content (AvgIpc) is 2.38. The molecule has 0 unspecified atom stereocenters. The van der Waals surface area contributed by atoms with E-state index in [9.17, 15) is 0 Å². The Morgan fingerprint density at radius 3 is 2.35 bits per heavy atom. The second-order valence-corrected chi connectivity index (χ2v) is 4.21. The first kappa shape index (κ1) is 11.7. The monoisotopic (exact) mass is 226 g/mol. The van der Waals surface area contributed by atoms with Gasteiger partial charge < -0.3 is 11.1 Å². The zero-order valence-electron chi connectivity index (χ0n) is 10.1. The van der Waals surface area contributed by atoms with Gasteiger partial charge in [0.2, 0.25) is 0 Å². The van der Waals surface area contributed by atoms with Gasteiger partial charge >= 0.3 is 0 Å². The first-order valence-corrected chi connectivity index (χ1v) is 5.89. The van der Waals surface area contributed by atoms with E-state index < -0.39 is 0 Å². The molecule has 0 radical (unpaired) electrons. The van der Waals surface area contributed by atoms with Crippen molar-refractivity contribution >= 4 is 5.69 Å². The lowest BCUT2D eigenvalue weighted by Crippen LogP contribution is -2.18. The summed E-state index contributed by atoms with van der Waals surface area (Å²) in [4.78, 5) is 0. The maximum absolute atomic E-state index is 5.91. The van der Waals surface area contributed by atoms with E-state index in [0.29, 0.717) is 6.04 Å². The molecular formula is C15H18N2. The third kappa shape index (κ3) is 3.08. The number of para-hydroxylation sites is 1. The SMILES string of the molecule is C[C@H](NCc1ccccc1N)c1ccccc1. The zero-order valence-corrected chi connectivity index (χ0v) is 10.1. The molecule has 2 heteroatoms.